The lowest BCUT2D eigenvalue weighted by Gasteiger charge is -2.59. The summed E-state index contributed by atoms with van der Waals surface area (Å²) in [7, 11) is 0. The van der Waals surface area contributed by atoms with E-state index in [1.807, 2.05) is 12.1 Å². The van der Waals surface area contributed by atoms with Gasteiger partial charge in [0.15, 0.2) is 17.2 Å². The molecule has 0 bridgehead atoms. The molecule has 2 aromatic carbocycles. The summed E-state index contributed by atoms with van der Waals surface area (Å²) in [6.07, 6.45) is 0.467. The van der Waals surface area contributed by atoms with Gasteiger partial charge in [0.2, 0.25) is 5.78 Å². The van der Waals surface area contributed by atoms with E-state index in [1.165, 1.54) is 13.0 Å². The second-order valence-electron chi connectivity index (χ2n) is 13.3. The highest BCUT2D eigenvalue weighted by molar-refractivity contribution is 6.24. The van der Waals surface area contributed by atoms with Crippen molar-refractivity contribution in [2.45, 2.75) is 66.4 Å². The van der Waals surface area contributed by atoms with Crippen molar-refractivity contribution in [3.8, 4) is 17.6 Å². The van der Waals surface area contributed by atoms with Gasteiger partial charge in [-0.3, -0.25) is 19.2 Å². The van der Waals surface area contributed by atoms with E-state index in [2.05, 4.69) is 11.8 Å². The van der Waals surface area contributed by atoms with Gasteiger partial charge in [0.05, 0.1) is 5.56 Å². The molecule has 0 saturated heterocycles. The zero-order chi connectivity index (χ0) is 32.5. The topological polar surface area (TPSA) is 149 Å². The van der Waals surface area contributed by atoms with Crippen LogP contribution in [0.25, 0.3) is 5.76 Å². The Kier molecular flexibility index (Phi) is 7.26. The first-order valence-corrected chi connectivity index (χ1v) is 14.6. The van der Waals surface area contributed by atoms with Crippen LogP contribution in [0.15, 0.2) is 53.3 Å². The van der Waals surface area contributed by atoms with Crippen molar-refractivity contribution in [1.29, 1.82) is 0 Å². The zero-order valence-corrected chi connectivity index (χ0v) is 25.7. The Morgan fingerprint density at radius 3 is 2.18 bits per heavy atom. The molecule has 1 unspecified atom stereocenters. The second-order valence-corrected chi connectivity index (χ2v) is 13.3. The number of phenolic OH excluding ortho intramolecular Hbond substituents is 1. The number of ketones is 4. The van der Waals surface area contributed by atoms with E-state index in [4.69, 9.17) is 0 Å². The fourth-order valence-corrected chi connectivity index (χ4v) is 7.97. The van der Waals surface area contributed by atoms with Crippen LogP contribution in [-0.2, 0) is 32.0 Å². The van der Waals surface area contributed by atoms with Gasteiger partial charge in [0.25, 0.3) is 0 Å². The Morgan fingerprint density at radius 1 is 0.977 bits per heavy atom. The smallest absolute Gasteiger partial charge is 0.203 e. The maximum atomic E-state index is 14.4. The average molecular weight is 597 g/mol. The summed E-state index contributed by atoms with van der Waals surface area (Å²) in [6, 6.07) is 10.3. The third-order valence-electron chi connectivity index (χ3n) is 9.64. The fourth-order valence-electron chi connectivity index (χ4n) is 7.97. The van der Waals surface area contributed by atoms with Crippen LogP contribution in [0.2, 0.25) is 0 Å². The molecule has 44 heavy (non-hydrogen) atoms. The SMILES string of the molecule is CC(=O)Cc1ccc(C#Cc2ccc(O)c3c2C[C@]2(C)C[C@]4(C)C(C(C)C)C(=O)C(C(C)=O)=C(O)[C@]4(O)C(=O)C2=C3O)cc1. The van der Waals surface area contributed by atoms with Gasteiger partial charge in [-0.2, -0.15) is 0 Å². The van der Waals surface area contributed by atoms with E-state index in [0.29, 0.717) is 23.1 Å². The molecular formula is C36H36O8. The van der Waals surface area contributed by atoms with Gasteiger partial charge in [-0.1, -0.05) is 51.7 Å². The van der Waals surface area contributed by atoms with Crippen molar-refractivity contribution in [1.82, 2.24) is 0 Å². The van der Waals surface area contributed by atoms with E-state index in [-0.39, 0.29) is 35.5 Å². The Morgan fingerprint density at radius 2 is 1.61 bits per heavy atom. The number of hydrogen-bond acceptors (Lipinski definition) is 8. The van der Waals surface area contributed by atoms with Crippen LogP contribution in [-0.4, -0.2) is 49.2 Å². The maximum Gasteiger partial charge on any atom is 0.203 e. The van der Waals surface area contributed by atoms with Crippen molar-refractivity contribution in [3.63, 3.8) is 0 Å². The molecule has 3 aliphatic carbocycles. The molecule has 3 aliphatic rings. The highest BCUT2D eigenvalue weighted by Gasteiger charge is 2.72. The molecule has 0 aliphatic heterocycles. The van der Waals surface area contributed by atoms with E-state index in [9.17, 15) is 39.6 Å². The lowest BCUT2D eigenvalue weighted by atomic mass is 9.43. The van der Waals surface area contributed by atoms with Crippen LogP contribution in [0.1, 0.15) is 75.8 Å². The first-order chi connectivity index (χ1) is 20.5. The molecular weight excluding hydrogens is 560 g/mol. The number of benzene rings is 2. The summed E-state index contributed by atoms with van der Waals surface area (Å²) in [5.74, 6) is 0.649. The van der Waals surface area contributed by atoms with Crippen LogP contribution >= 0.6 is 0 Å². The number of hydrogen-bond donors (Lipinski definition) is 4. The van der Waals surface area contributed by atoms with Crippen LogP contribution in [0.4, 0.5) is 0 Å². The molecule has 8 nitrogen and oxygen atoms in total. The number of aliphatic hydroxyl groups is 3. The van der Waals surface area contributed by atoms with Crippen molar-refractivity contribution >= 4 is 28.9 Å². The molecule has 4 atom stereocenters. The number of Topliss-reactive ketones (excluding diaryl/α,β-unsaturated/α-hetero) is 4. The summed E-state index contributed by atoms with van der Waals surface area (Å²) in [5, 5.41) is 45.9. The third kappa shape index (κ3) is 4.33. The predicted molar refractivity (Wildman–Crippen MR) is 163 cm³/mol. The Bertz CT molecular complexity index is 1780. The molecule has 1 saturated carbocycles. The molecule has 228 valence electrons. The van der Waals surface area contributed by atoms with Crippen LogP contribution in [0.5, 0.6) is 5.75 Å². The van der Waals surface area contributed by atoms with Crippen LogP contribution in [0, 0.1) is 34.5 Å². The van der Waals surface area contributed by atoms with Crippen molar-refractivity contribution in [2.24, 2.45) is 22.7 Å². The second kappa shape index (κ2) is 10.3. The number of carbonyl (C=O) groups excluding carboxylic acids is 4. The normalized spacial score (nSPS) is 27.8. The van der Waals surface area contributed by atoms with Crippen LogP contribution < -0.4 is 0 Å². The van der Waals surface area contributed by atoms with Crippen molar-refractivity contribution < 1.29 is 39.6 Å². The number of fused-ring (bicyclic) bond motifs is 3. The van der Waals surface area contributed by atoms with Gasteiger partial charge >= 0.3 is 0 Å². The lowest BCUT2D eigenvalue weighted by Crippen LogP contribution is -2.69. The van der Waals surface area contributed by atoms with Crippen molar-refractivity contribution in [3.05, 3.63) is 81.1 Å². The molecule has 0 heterocycles. The molecule has 8 heteroatoms. The minimum absolute atomic E-state index is 0.00388. The molecule has 0 amide bonds. The molecule has 0 radical (unpaired) electrons. The number of aliphatic hydroxyl groups excluding tert-OH is 2. The van der Waals surface area contributed by atoms with Gasteiger partial charge in [0, 0.05) is 39.9 Å². The summed E-state index contributed by atoms with van der Waals surface area (Å²) in [5.41, 5.74) is -3.52. The number of phenols is 1. The van der Waals surface area contributed by atoms with E-state index >= 15 is 0 Å². The zero-order valence-electron chi connectivity index (χ0n) is 25.7. The van der Waals surface area contributed by atoms with Gasteiger partial charge in [-0.15, -0.1) is 0 Å². The summed E-state index contributed by atoms with van der Waals surface area (Å²) >= 11 is 0. The molecule has 0 aromatic heterocycles. The van der Waals surface area contributed by atoms with E-state index in [1.54, 1.807) is 45.9 Å². The summed E-state index contributed by atoms with van der Waals surface area (Å²) in [4.78, 5) is 52.0. The van der Waals surface area contributed by atoms with Crippen LogP contribution in [0.3, 0.4) is 0 Å². The summed E-state index contributed by atoms with van der Waals surface area (Å²) in [6.45, 7) is 9.47. The average Bonchev–Trinajstić information content (AvgIpc) is 2.90. The summed E-state index contributed by atoms with van der Waals surface area (Å²) < 4.78 is 0. The molecule has 5 rings (SSSR count). The number of rotatable bonds is 4. The Labute approximate surface area is 256 Å². The fraction of sp³-hybridized carbons (Fsp3) is 0.389. The van der Waals surface area contributed by atoms with Gasteiger partial charge in [-0.05, 0) is 68.0 Å². The van der Waals surface area contributed by atoms with E-state index < -0.39 is 62.7 Å². The number of aromatic hydroxyl groups is 1. The minimum atomic E-state index is -2.65. The third-order valence-corrected chi connectivity index (χ3v) is 9.64. The van der Waals surface area contributed by atoms with Gasteiger partial charge in [-0.25, -0.2) is 0 Å². The van der Waals surface area contributed by atoms with Gasteiger partial charge < -0.3 is 20.4 Å². The monoisotopic (exact) mass is 596 g/mol. The standard InChI is InChI=1S/C36H36O8/c1-18(2)28-30(40)26(20(4)38)32(42)36(44)33(43)29-31(41)27-24(16-34(29,5)17-35(28,36)6)23(13-14-25(27)39)12-11-21-7-9-22(10-8-21)15-19(3)37/h7-10,13-14,18,28,39,41-42,44H,15-17H2,1-6H3/t28?,34-,35-,36+/m1/s1. The largest absolute Gasteiger partial charge is 0.508 e. The Balaban J connectivity index is 1.69. The highest BCUT2D eigenvalue weighted by Crippen LogP contribution is 2.65. The maximum absolute atomic E-state index is 14.4. The first-order valence-electron chi connectivity index (χ1n) is 14.6. The molecule has 0 spiro atoms. The number of allylic oxidation sites excluding steroid dienone is 1. The number of carbonyl (C=O) groups is 4. The van der Waals surface area contributed by atoms with Gasteiger partial charge in [0.1, 0.15) is 28.6 Å². The Hall–Kier alpha value is -4.48. The highest BCUT2D eigenvalue weighted by atomic mass is 16.3. The quantitative estimate of drug-likeness (QED) is 0.293. The molecule has 4 N–H and O–H groups in total. The first kappa shape index (κ1) is 31.0. The predicted octanol–water partition coefficient (Wildman–Crippen LogP) is 4.72. The molecule has 1 fully saturated rings. The minimum Gasteiger partial charge on any atom is -0.508 e. The van der Waals surface area contributed by atoms with Crippen molar-refractivity contribution in [2.75, 3.05) is 0 Å². The van der Waals surface area contributed by atoms with E-state index in [0.717, 1.165) is 12.5 Å². The lowest BCUT2D eigenvalue weighted by molar-refractivity contribution is -0.178. The molecule has 2 aromatic rings.